The average molecular weight is 512 g/mol. The molecule has 8 nitrogen and oxygen atoms in total. The molecular weight excluding hydrogens is 478 g/mol. The molecule has 5 rings (SSSR count). The minimum atomic E-state index is -3.67. The van der Waals surface area contributed by atoms with Gasteiger partial charge in [-0.15, -0.1) is 0 Å². The lowest BCUT2D eigenvalue weighted by molar-refractivity contribution is -0.126. The molecule has 192 valence electrons. The molecule has 0 unspecified atom stereocenters. The summed E-state index contributed by atoms with van der Waals surface area (Å²) in [4.78, 5) is 27.6. The van der Waals surface area contributed by atoms with E-state index < -0.39 is 10.0 Å². The Morgan fingerprint density at radius 1 is 1.03 bits per heavy atom. The SMILES string of the molecule is COc1ccccc1CNC(=O)C1CCN(S(=O)(=O)c2ccc3c(c2)C[C@H](C)N3C(=O)C2CC2)CC1. The van der Waals surface area contributed by atoms with E-state index in [1.165, 1.54) is 4.31 Å². The van der Waals surface area contributed by atoms with Crippen LogP contribution in [0.5, 0.6) is 5.75 Å². The number of methoxy groups -OCH3 is 1. The predicted octanol–water partition coefficient (Wildman–Crippen LogP) is 3.10. The third-order valence-corrected chi connectivity index (χ3v) is 9.43. The second-order valence-electron chi connectivity index (χ2n) is 10.0. The number of nitrogens with zero attached hydrogens (tertiary/aromatic N) is 2. The van der Waals surface area contributed by atoms with Crippen molar-refractivity contribution in [1.82, 2.24) is 9.62 Å². The van der Waals surface area contributed by atoms with Gasteiger partial charge in [0.05, 0.1) is 12.0 Å². The fraction of sp³-hybridized carbons (Fsp3) is 0.481. The highest BCUT2D eigenvalue weighted by Crippen LogP contribution is 2.40. The summed E-state index contributed by atoms with van der Waals surface area (Å²) in [6, 6.07) is 12.7. The van der Waals surface area contributed by atoms with Crippen molar-refractivity contribution in [3.63, 3.8) is 0 Å². The van der Waals surface area contributed by atoms with Gasteiger partial charge in [-0.1, -0.05) is 18.2 Å². The maximum atomic E-state index is 13.4. The monoisotopic (exact) mass is 511 g/mol. The Bertz CT molecular complexity index is 1270. The van der Waals surface area contributed by atoms with Crippen LogP contribution < -0.4 is 15.0 Å². The molecule has 2 heterocycles. The maximum Gasteiger partial charge on any atom is 0.243 e. The first kappa shape index (κ1) is 24.8. The number of nitrogens with one attached hydrogen (secondary N) is 1. The van der Waals surface area contributed by atoms with Crippen LogP contribution in [-0.4, -0.2) is 50.8 Å². The molecule has 1 aliphatic carbocycles. The average Bonchev–Trinajstić information content (AvgIpc) is 3.69. The second-order valence-corrected chi connectivity index (χ2v) is 12.0. The van der Waals surface area contributed by atoms with Crippen molar-refractivity contribution in [3.05, 3.63) is 53.6 Å². The van der Waals surface area contributed by atoms with Crippen LogP contribution in [0, 0.1) is 11.8 Å². The van der Waals surface area contributed by atoms with Crippen molar-refractivity contribution in [2.45, 2.75) is 56.5 Å². The first-order valence-electron chi connectivity index (χ1n) is 12.7. The minimum Gasteiger partial charge on any atom is -0.496 e. The Labute approximate surface area is 212 Å². The lowest BCUT2D eigenvalue weighted by Gasteiger charge is -2.30. The molecule has 2 fully saturated rings. The third kappa shape index (κ3) is 4.74. The van der Waals surface area contributed by atoms with Crippen LogP contribution >= 0.6 is 0 Å². The number of anilines is 1. The molecular formula is C27H33N3O5S. The summed E-state index contributed by atoms with van der Waals surface area (Å²) in [5.41, 5.74) is 2.64. The van der Waals surface area contributed by atoms with Crippen molar-refractivity contribution in [1.29, 1.82) is 0 Å². The van der Waals surface area contributed by atoms with E-state index in [2.05, 4.69) is 5.32 Å². The molecule has 2 aromatic rings. The zero-order valence-corrected chi connectivity index (χ0v) is 21.6. The molecule has 1 atom stereocenters. The maximum absolute atomic E-state index is 13.4. The highest BCUT2D eigenvalue weighted by Gasteiger charge is 2.40. The molecule has 3 aliphatic rings. The zero-order valence-electron chi connectivity index (χ0n) is 20.8. The number of ether oxygens (including phenoxy) is 1. The van der Waals surface area contributed by atoms with E-state index in [0.29, 0.717) is 38.9 Å². The Kier molecular flexibility index (Phi) is 6.78. The van der Waals surface area contributed by atoms with Gasteiger partial charge >= 0.3 is 0 Å². The van der Waals surface area contributed by atoms with Gasteiger partial charge in [-0.05, 0) is 68.9 Å². The molecule has 36 heavy (non-hydrogen) atoms. The predicted molar refractivity (Wildman–Crippen MR) is 136 cm³/mol. The van der Waals surface area contributed by atoms with Crippen molar-refractivity contribution < 1.29 is 22.7 Å². The van der Waals surface area contributed by atoms with Crippen molar-refractivity contribution in [3.8, 4) is 5.75 Å². The van der Waals surface area contributed by atoms with Gasteiger partial charge in [0.2, 0.25) is 21.8 Å². The van der Waals surface area contributed by atoms with E-state index in [1.54, 1.807) is 25.3 Å². The molecule has 0 spiro atoms. The molecule has 1 N–H and O–H groups in total. The summed E-state index contributed by atoms with van der Waals surface area (Å²) in [6.45, 7) is 2.98. The van der Waals surface area contributed by atoms with Crippen molar-refractivity contribution >= 4 is 27.5 Å². The van der Waals surface area contributed by atoms with E-state index >= 15 is 0 Å². The van der Waals surface area contributed by atoms with Gasteiger partial charge in [0, 0.05) is 48.8 Å². The van der Waals surface area contributed by atoms with Crippen molar-refractivity contribution in [2.75, 3.05) is 25.1 Å². The largest absolute Gasteiger partial charge is 0.496 e. The summed E-state index contributed by atoms with van der Waals surface area (Å²) in [5.74, 6) is 0.708. The van der Waals surface area contributed by atoms with Crippen LogP contribution in [0.3, 0.4) is 0 Å². The second kappa shape index (κ2) is 9.86. The number of hydrogen-bond donors (Lipinski definition) is 1. The lowest BCUT2D eigenvalue weighted by atomic mass is 9.97. The molecule has 1 saturated heterocycles. The number of carbonyl (C=O) groups excluding carboxylic acids is 2. The van der Waals surface area contributed by atoms with Gasteiger partial charge in [0.25, 0.3) is 0 Å². The Balaban J connectivity index is 1.21. The molecule has 1 saturated carbocycles. The molecule has 2 amide bonds. The molecule has 0 bridgehead atoms. The van der Waals surface area contributed by atoms with Gasteiger partial charge in [0.1, 0.15) is 5.75 Å². The number of hydrogen-bond acceptors (Lipinski definition) is 5. The first-order valence-corrected chi connectivity index (χ1v) is 14.1. The number of sulfonamides is 1. The zero-order chi connectivity index (χ0) is 25.4. The van der Waals surface area contributed by atoms with Crippen LogP contribution in [0.1, 0.15) is 43.7 Å². The molecule has 2 aliphatic heterocycles. The number of rotatable bonds is 7. The van der Waals surface area contributed by atoms with Crippen molar-refractivity contribution in [2.24, 2.45) is 11.8 Å². The van der Waals surface area contributed by atoms with Gasteiger partial charge in [-0.25, -0.2) is 8.42 Å². The van der Waals surface area contributed by atoms with E-state index in [-0.39, 0.29) is 34.6 Å². The van der Waals surface area contributed by atoms with E-state index in [4.69, 9.17) is 4.74 Å². The fourth-order valence-electron chi connectivity index (χ4n) is 5.31. The number of amides is 2. The first-order chi connectivity index (χ1) is 17.3. The Morgan fingerprint density at radius 2 is 1.75 bits per heavy atom. The molecule has 9 heteroatoms. The van der Waals surface area contributed by atoms with E-state index in [9.17, 15) is 18.0 Å². The van der Waals surface area contributed by atoms with Crippen LogP contribution in [0.15, 0.2) is 47.4 Å². The topological polar surface area (TPSA) is 96.0 Å². The third-order valence-electron chi connectivity index (χ3n) is 7.54. The Morgan fingerprint density at radius 3 is 2.44 bits per heavy atom. The summed E-state index contributed by atoms with van der Waals surface area (Å²) in [6.07, 6.45) is 3.49. The van der Waals surface area contributed by atoms with Gasteiger partial charge in [0.15, 0.2) is 0 Å². The smallest absolute Gasteiger partial charge is 0.243 e. The van der Waals surface area contributed by atoms with Gasteiger partial charge in [-0.2, -0.15) is 4.31 Å². The quantitative estimate of drug-likeness (QED) is 0.616. The molecule has 0 radical (unpaired) electrons. The van der Waals surface area contributed by atoms with E-state index in [0.717, 1.165) is 35.4 Å². The summed E-state index contributed by atoms with van der Waals surface area (Å²) in [5, 5.41) is 2.97. The number of carbonyl (C=O) groups is 2. The van der Waals surface area contributed by atoms with Gasteiger partial charge < -0.3 is 15.0 Å². The number of para-hydroxylation sites is 1. The summed E-state index contributed by atoms with van der Waals surface area (Å²) in [7, 11) is -2.08. The minimum absolute atomic E-state index is 0.0381. The summed E-state index contributed by atoms with van der Waals surface area (Å²) < 4.78 is 33.6. The van der Waals surface area contributed by atoms with Crippen LogP contribution in [0.4, 0.5) is 5.69 Å². The van der Waals surface area contributed by atoms with Gasteiger partial charge in [-0.3, -0.25) is 9.59 Å². The summed E-state index contributed by atoms with van der Waals surface area (Å²) >= 11 is 0. The normalized spacial score (nSPS) is 20.7. The van der Waals surface area contributed by atoms with E-state index in [1.807, 2.05) is 36.1 Å². The number of fused-ring (bicyclic) bond motifs is 1. The standard InChI is InChI=1S/C27H33N3O5S/c1-18-15-22-16-23(9-10-24(22)30(18)27(32)20-7-8-20)36(33,34)29-13-11-19(12-14-29)26(31)28-17-21-5-3-4-6-25(21)35-2/h3-6,9-10,16,18-20H,7-8,11-15,17H2,1-2H3,(H,28,31)/t18-/m0/s1. The fourth-order valence-corrected chi connectivity index (χ4v) is 6.83. The molecule has 0 aromatic heterocycles. The molecule has 2 aromatic carbocycles. The highest BCUT2D eigenvalue weighted by molar-refractivity contribution is 7.89. The number of benzene rings is 2. The number of piperidine rings is 1. The highest BCUT2D eigenvalue weighted by atomic mass is 32.2. The lowest BCUT2D eigenvalue weighted by Crippen LogP contribution is -2.42. The van der Waals surface area contributed by atoms with Crippen LogP contribution in [0.25, 0.3) is 0 Å². The van der Waals surface area contributed by atoms with Crippen LogP contribution in [-0.2, 0) is 32.6 Å². The Hall–Kier alpha value is -2.91. The van der Waals surface area contributed by atoms with Crippen LogP contribution in [0.2, 0.25) is 0 Å².